The molecular formula is C15H15BrN2O3. The zero-order chi connectivity index (χ0) is 15.2. The lowest BCUT2D eigenvalue weighted by Crippen LogP contribution is -2.31. The Morgan fingerprint density at radius 1 is 1.24 bits per heavy atom. The van der Waals surface area contributed by atoms with Gasteiger partial charge in [-0.05, 0) is 39.7 Å². The van der Waals surface area contributed by atoms with Gasteiger partial charge in [0.05, 0.1) is 7.11 Å². The van der Waals surface area contributed by atoms with E-state index >= 15 is 0 Å². The largest absolute Gasteiger partial charge is 0.497 e. The molecule has 1 aromatic carbocycles. The van der Waals surface area contributed by atoms with Gasteiger partial charge in [-0.25, -0.2) is 0 Å². The average Bonchev–Trinajstić information content (AvgIpc) is 2.49. The molecule has 1 heterocycles. The molecule has 0 atom stereocenters. The third kappa shape index (κ3) is 4.46. The molecule has 1 amide bonds. The van der Waals surface area contributed by atoms with Gasteiger partial charge < -0.3 is 14.6 Å². The Balaban J connectivity index is 1.92. The van der Waals surface area contributed by atoms with Crippen LogP contribution in [0, 0.1) is 0 Å². The van der Waals surface area contributed by atoms with Crippen molar-refractivity contribution in [3.8, 4) is 5.75 Å². The molecule has 6 heteroatoms. The molecule has 0 saturated carbocycles. The van der Waals surface area contributed by atoms with Crippen molar-refractivity contribution in [1.29, 1.82) is 0 Å². The van der Waals surface area contributed by atoms with Crippen LogP contribution in [0.4, 0.5) is 0 Å². The van der Waals surface area contributed by atoms with Gasteiger partial charge in [0.15, 0.2) is 0 Å². The van der Waals surface area contributed by atoms with Crippen LogP contribution < -0.4 is 15.6 Å². The number of hydrogen-bond donors (Lipinski definition) is 1. The number of hydrogen-bond acceptors (Lipinski definition) is 3. The summed E-state index contributed by atoms with van der Waals surface area (Å²) in [7, 11) is 1.60. The minimum absolute atomic E-state index is 0.00553. The molecule has 5 nitrogen and oxygen atoms in total. The van der Waals surface area contributed by atoms with E-state index in [4.69, 9.17) is 4.74 Å². The van der Waals surface area contributed by atoms with E-state index in [-0.39, 0.29) is 18.0 Å². The van der Waals surface area contributed by atoms with Crippen molar-refractivity contribution >= 4 is 21.8 Å². The molecule has 0 bridgehead atoms. The Bertz CT molecular complexity index is 680. The normalized spacial score (nSPS) is 10.2. The third-order valence-electron chi connectivity index (χ3n) is 2.91. The maximum atomic E-state index is 11.9. The highest BCUT2D eigenvalue weighted by atomic mass is 79.9. The zero-order valence-corrected chi connectivity index (χ0v) is 13.1. The first-order valence-corrected chi connectivity index (χ1v) is 7.13. The van der Waals surface area contributed by atoms with Gasteiger partial charge in [0.2, 0.25) is 5.91 Å². The predicted molar refractivity (Wildman–Crippen MR) is 83.2 cm³/mol. The summed E-state index contributed by atoms with van der Waals surface area (Å²) in [5.41, 5.74) is 0.753. The Hall–Kier alpha value is -2.08. The van der Waals surface area contributed by atoms with Crippen LogP contribution in [-0.2, 0) is 17.9 Å². The first-order chi connectivity index (χ1) is 10.1. The highest BCUT2D eigenvalue weighted by Crippen LogP contribution is 2.11. The van der Waals surface area contributed by atoms with Crippen molar-refractivity contribution in [3.05, 3.63) is 63.0 Å². The molecule has 0 aliphatic heterocycles. The van der Waals surface area contributed by atoms with Crippen LogP contribution >= 0.6 is 15.9 Å². The minimum Gasteiger partial charge on any atom is -0.497 e. The van der Waals surface area contributed by atoms with Crippen molar-refractivity contribution < 1.29 is 9.53 Å². The summed E-state index contributed by atoms with van der Waals surface area (Å²) in [5, 5.41) is 2.78. The number of amides is 1. The van der Waals surface area contributed by atoms with Gasteiger partial charge in [-0.2, -0.15) is 0 Å². The number of nitrogens with one attached hydrogen (secondary N) is 1. The number of carbonyl (C=O) groups is 1. The molecule has 0 spiro atoms. The lowest BCUT2D eigenvalue weighted by atomic mass is 10.2. The van der Waals surface area contributed by atoms with Gasteiger partial charge >= 0.3 is 0 Å². The molecule has 21 heavy (non-hydrogen) atoms. The number of nitrogens with zero attached hydrogens (tertiary/aromatic N) is 1. The summed E-state index contributed by atoms with van der Waals surface area (Å²) in [6, 6.07) is 10.5. The number of benzene rings is 1. The predicted octanol–water partition coefficient (Wildman–Crippen LogP) is 1.94. The monoisotopic (exact) mass is 350 g/mol. The molecule has 0 radical (unpaired) electrons. The van der Waals surface area contributed by atoms with Crippen molar-refractivity contribution in [3.63, 3.8) is 0 Å². The fourth-order valence-corrected chi connectivity index (χ4v) is 2.16. The van der Waals surface area contributed by atoms with Gasteiger partial charge in [-0.1, -0.05) is 12.1 Å². The molecule has 0 aliphatic carbocycles. The molecule has 0 saturated heterocycles. The van der Waals surface area contributed by atoms with E-state index in [1.165, 1.54) is 10.6 Å². The Morgan fingerprint density at radius 3 is 2.62 bits per heavy atom. The summed E-state index contributed by atoms with van der Waals surface area (Å²) in [4.78, 5) is 23.5. The van der Waals surface area contributed by atoms with Crippen LogP contribution in [0.1, 0.15) is 5.56 Å². The van der Waals surface area contributed by atoms with Crippen molar-refractivity contribution in [2.45, 2.75) is 13.1 Å². The van der Waals surface area contributed by atoms with Gasteiger partial charge in [-0.15, -0.1) is 0 Å². The maximum absolute atomic E-state index is 11.9. The molecular weight excluding hydrogens is 336 g/mol. The highest BCUT2D eigenvalue weighted by Gasteiger charge is 2.05. The van der Waals surface area contributed by atoms with Crippen LogP contribution in [0.25, 0.3) is 0 Å². The summed E-state index contributed by atoms with van der Waals surface area (Å²) in [5.74, 6) is 0.553. The zero-order valence-electron chi connectivity index (χ0n) is 11.5. The number of ether oxygens (including phenoxy) is 1. The summed E-state index contributed by atoms with van der Waals surface area (Å²) in [6.07, 6.45) is 1.59. The van der Waals surface area contributed by atoms with Gasteiger partial charge in [0, 0.05) is 23.3 Å². The molecule has 0 aliphatic rings. The lowest BCUT2D eigenvalue weighted by Gasteiger charge is -2.08. The van der Waals surface area contributed by atoms with Gasteiger partial charge in [0.1, 0.15) is 12.3 Å². The smallest absolute Gasteiger partial charge is 0.251 e. The fourth-order valence-electron chi connectivity index (χ4n) is 1.78. The Kier molecular flexibility index (Phi) is 5.16. The summed E-state index contributed by atoms with van der Waals surface area (Å²) >= 11 is 3.27. The number of rotatable bonds is 5. The minimum atomic E-state index is -0.217. The van der Waals surface area contributed by atoms with E-state index in [0.717, 1.165) is 15.8 Å². The highest BCUT2D eigenvalue weighted by molar-refractivity contribution is 9.10. The second kappa shape index (κ2) is 7.08. The van der Waals surface area contributed by atoms with Gasteiger partial charge in [-0.3, -0.25) is 9.59 Å². The standard InChI is InChI=1S/C15H15BrN2O3/c1-21-13-5-2-11(3-6-13)8-17-14(19)10-18-9-12(16)4-7-15(18)20/h2-7,9H,8,10H2,1H3,(H,17,19). The second-order valence-electron chi connectivity index (χ2n) is 4.44. The van der Waals surface area contributed by atoms with Crippen LogP contribution in [-0.4, -0.2) is 17.6 Å². The van der Waals surface area contributed by atoms with Crippen LogP contribution in [0.2, 0.25) is 0 Å². The van der Waals surface area contributed by atoms with E-state index in [0.29, 0.717) is 6.54 Å². The number of aromatic nitrogens is 1. The number of carbonyl (C=O) groups excluding carboxylic acids is 1. The van der Waals surface area contributed by atoms with Crippen molar-refractivity contribution in [2.24, 2.45) is 0 Å². The van der Waals surface area contributed by atoms with Gasteiger partial charge in [0.25, 0.3) is 5.56 Å². The Labute approximate surface area is 130 Å². The molecule has 110 valence electrons. The molecule has 2 rings (SSSR count). The summed E-state index contributed by atoms with van der Waals surface area (Å²) in [6.45, 7) is 0.403. The average molecular weight is 351 g/mol. The number of pyridine rings is 1. The maximum Gasteiger partial charge on any atom is 0.251 e. The third-order valence-corrected chi connectivity index (χ3v) is 3.38. The molecule has 1 N–H and O–H groups in total. The van der Waals surface area contributed by atoms with Crippen LogP contribution in [0.15, 0.2) is 51.9 Å². The quantitative estimate of drug-likeness (QED) is 0.896. The van der Waals surface area contributed by atoms with Crippen molar-refractivity contribution in [2.75, 3.05) is 7.11 Å². The molecule has 2 aromatic rings. The van der Waals surface area contributed by atoms with Crippen LogP contribution in [0.3, 0.4) is 0 Å². The van der Waals surface area contributed by atoms with E-state index in [9.17, 15) is 9.59 Å². The summed E-state index contributed by atoms with van der Waals surface area (Å²) < 4.78 is 7.18. The Morgan fingerprint density at radius 2 is 1.95 bits per heavy atom. The van der Waals surface area contributed by atoms with Crippen LogP contribution in [0.5, 0.6) is 5.75 Å². The lowest BCUT2D eigenvalue weighted by molar-refractivity contribution is -0.121. The number of methoxy groups -OCH3 is 1. The number of halogens is 1. The van der Waals surface area contributed by atoms with Crippen molar-refractivity contribution in [1.82, 2.24) is 9.88 Å². The molecule has 0 unspecified atom stereocenters. The second-order valence-corrected chi connectivity index (χ2v) is 5.35. The first-order valence-electron chi connectivity index (χ1n) is 6.34. The van der Waals surface area contributed by atoms with E-state index < -0.39 is 0 Å². The SMILES string of the molecule is COc1ccc(CNC(=O)Cn2cc(Br)ccc2=O)cc1. The van der Waals surface area contributed by atoms with E-state index in [1.54, 1.807) is 19.4 Å². The first kappa shape index (κ1) is 15.3. The van der Waals surface area contributed by atoms with E-state index in [2.05, 4.69) is 21.2 Å². The molecule has 1 aromatic heterocycles. The topological polar surface area (TPSA) is 60.3 Å². The van der Waals surface area contributed by atoms with E-state index in [1.807, 2.05) is 24.3 Å². The molecule has 0 fully saturated rings. The fraction of sp³-hybridized carbons (Fsp3) is 0.200.